The van der Waals surface area contributed by atoms with Crippen molar-refractivity contribution in [1.82, 2.24) is 4.98 Å². The van der Waals surface area contributed by atoms with Gasteiger partial charge in [-0.15, -0.1) is 11.3 Å². The van der Waals surface area contributed by atoms with Gasteiger partial charge in [-0.1, -0.05) is 15.9 Å². The van der Waals surface area contributed by atoms with E-state index in [1.807, 2.05) is 13.0 Å². The van der Waals surface area contributed by atoms with Gasteiger partial charge >= 0.3 is 0 Å². The molecule has 0 saturated heterocycles. The van der Waals surface area contributed by atoms with Crippen LogP contribution in [0.2, 0.25) is 0 Å². The Hall–Kier alpha value is -1.40. The lowest BCUT2D eigenvalue weighted by molar-refractivity contribution is 0.103. The zero-order valence-corrected chi connectivity index (χ0v) is 11.4. The highest BCUT2D eigenvalue weighted by Gasteiger charge is 2.11. The molecule has 0 radical (unpaired) electrons. The minimum Gasteiger partial charge on any atom is -0.397 e. The van der Waals surface area contributed by atoms with Gasteiger partial charge in [0.1, 0.15) is 4.88 Å². The van der Waals surface area contributed by atoms with Crippen LogP contribution in [0.5, 0.6) is 0 Å². The topological polar surface area (TPSA) is 68.0 Å². The fourth-order valence-electron chi connectivity index (χ4n) is 1.44. The molecule has 17 heavy (non-hydrogen) atoms. The number of hydrogen-bond donors (Lipinski definition) is 2. The number of nitrogens with zero attached hydrogens (tertiary/aromatic N) is 1. The summed E-state index contributed by atoms with van der Waals surface area (Å²) in [5.41, 5.74) is 9.58. The van der Waals surface area contributed by atoms with E-state index in [0.717, 1.165) is 10.0 Å². The average molecular weight is 312 g/mol. The van der Waals surface area contributed by atoms with E-state index in [4.69, 9.17) is 5.73 Å². The third-order valence-electron chi connectivity index (χ3n) is 2.23. The SMILES string of the molecule is Cc1cc(Br)cc(N)c1NC(=O)c1cncs1. The number of carbonyl (C=O) groups is 1. The monoisotopic (exact) mass is 311 g/mol. The molecule has 4 nitrogen and oxygen atoms in total. The van der Waals surface area contributed by atoms with Gasteiger partial charge in [0.2, 0.25) is 0 Å². The molecule has 0 atom stereocenters. The molecule has 0 saturated carbocycles. The normalized spacial score (nSPS) is 10.2. The smallest absolute Gasteiger partial charge is 0.267 e. The quantitative estimate of drug-likeness (QED) is 0.838. The number of anilines is 2. The Morgan fingerprint density at radius 3 is 2.88 bits per heavy atom. The third-order valence-corrected chi connectivity index (χ3v) is 3.46. The van der Waals surface area contributed by atoms with Gasteiger partial charge in [-0.2, -0.15) is 0 Å². The van der Waals surface area contributed by atoms with E-state index in [-0.39, 0.29) is 5.91 Å². The second-order valence-corrected chi connectivity index (χ2v) is 5.31. The highest BCUT2D eigenvalue weighted by molar-refractivity contribution is 9.10. The second kappa shape index (κ2) is 4.85. The van der Waals surface area contributed by atoms with Crippen molar-refractivity contribution in [1.29, 1.82) is 0 Å². The van der Waals surface area contributed by atoms with Gasteiger partial charge in [-0.25, -0.2) is 0 Å². The van der Waals surface area contributed by atoms with Crippen LogP contribution >= 0.6 is 27.3 Å². The van der Waals surface area contributed by atoms with E-state index in [1.165, 1.54) is 17.5 Å². The molecule has 0 unspecified atom stereocenters. The Morgan fingerprint density at radius 1 is 1.53 bits per heavy atom. The zero-order chi connectivity index (χ0) is 12.4. The van der Waals surface area contributed by atoms with E-state index in [1.54, 1.807) is 11.6 Å². The van der Waals surface area contributed by atoms with E-state index >= 15 is 0 Å². The number of rotatable bonds is 2. The summed E-state index contributed by atoms with van der Waals surface area (Å²) in [5, 5.41) is 2.79. The van der Waals surface area contributed by atoms with Crippen LogP contribution in [0.15, 0.2) is 28.3 Å². The first kappa shape index (κ1) is 12.1. The molecule has 6 heteroatoms. The molecule has 1 aromatic heterocycles. The molecular weight excluding hydrogens is 302 g/mol. The molecule has 1 amide bonds. The minimum absolute atomic E-state index is 0.190. The van der Waals surface area contributed by atoms with Crippen molar-refractivity contribution in [2.75, 3.05) is 11.1 Å². The predicted octanol–water partition coefficient (Wildman–Crippen LogP) is 3.05. The van der Waals surface area contributed by atoms with Crippen LogP contribution in [-0.4, -0.2) is 10.9 Å². The lowest BCUT2D eigenvalue weighted by Gasteiger charge is -2.11. The summed E-state index contributed by atoms with van der Waals surface area (Å²) in [6.45, 7) is 1.89. The molecule has 3 N–H and O–H groups in total. The average Bonchev–Trinajstić information content (AvgIpc) is 2.76. The minimum atomic E-state index is -0.190. The maximum absolute atomic E-state index is 11.9. The number of nitrogens with one attached hydrogen (secondary N) is 1. The van der Waals surface area contributed by atoms with Gasteiger partial charge < -0.3 is 11.1 Å². The molecule has 0 bridgehead atoms. The molecule has 88 valence electrons. The predicted molar refractivity (Wildman–Crippen MR) is 73.4 cm³/mol. The Bertz CT molecular complexity index is 531. The van der Waals surface area contributed by atoms with Gasteiger partial charge in [-0.3, -0.25) is 9.78 Å². The standard InChI is InChI=1S/C11H10BrN3OS/c1-6-2-7(12)3-8(13)10(6)15-11(16)9-4-14-5-17-9/h2-5H,13H2,1H3,(H,15,16). The van der Waals surface area contributed by atoms with Gasteiger partial charge in [0, 0.05) is 4.47 Å². The van der Waals surface area contributed by atoms with E-state index in [2.05, 4.69) is 26.2 Å². The van der Waals surface area contributed by atoms with E-state index in [9.17, 15) is 4.79 Å². The van der Waals surface area contributed by atoms with E-state index in [0.29, 0.717) is 16.3 Å². The number of aryl methyl sites for hydroxylation is 1. The lowest BCUT2D eigenvalue weighted by atomic mass is 10.1. The Labute approximate surface area is 111 Å². The zero-order valence-electron chi connectivity index (χ0n) is 9.03. The van der Waals surface area contributed by atoms with Crippen LogP contribution in [0.25, 0.3) is 0 Å². The summed E-state index contributed by atoms with van der Waals surface area (Å²) < 4.78 is 0.892. The molecule has 0 spiro atoms. The molecule has 2 rings (SSSR count). The van der Waals surface area contributed by atoms with Gasteiger partial charge in [0.15, 0.2) is 0 Å². The van der Waals surface area contributed by atoms with E-state index < -0.39 is 0 Å². The maximum Gasteiger partial charge on any atom is 0.267 e. The molecule has 1 heterocycles. The number of aromatic nitrogens is 1. The van der Waals surface area contributed by atoms with Gasteiger partial charge in [0.25, 0.3) is 5.91 Å². The molecular formula is C11H10BrN3OS. The number of thiazole rings is 1. The summed E-state index contributed by atoms with van der Waals surface area (Å²) >= 11 is 4.64. The first-order chi connectivity index (χ1) is 8.08. The highest BCUT2D eigenvalue weighted by Crippen LogP contribution is 2.28. The van der Waals surface area contributed by atoms with Crippen molar-refractivity contribution in [3.8, 4) is 0 Å². The number of benzene rings is 1. The van der Waals surface area contributed by atoms with Crippen molar-refractivity contribution in [3.05, 3.63) is 38.8 Å². The fraction of sp³-hybridized carbons (Fsp3) is 0.0909. The number of carbonyl (C=O) groups excluding carboxylic acids is 1. The Kier molecular flexibility index (Phi) is 3.44. The third kappa shape index (κ3) is 2.65. The van der Waals surface area contributed by atoms with Crippen LogP contribution in [0, 0.1) is 6.92 Å². The summed E-state index contributed by atoms with van der Waals surface area (Å²) in [5.74, 6) is -0.190. The Morgan fingerprint density at radius 2 is 2.29 bits per heavy atom. The number of amides is 1. The van der Waals surface area contributed by atoms with Crippen molar-refractivity contribution in [2.45, 2.75) is 6.92 Å². The van der Waals surface area contributed by atoms with Crippen LogP contribution in [0.3, 0.4) is 0 Å². The summed E-state index contributed by atoms with van der Waals surface area (Å²) in [6.07, 6.45) is 1.53. The number of halogens is 1. The van der Waals surface area contributed by atoms with Crippen molar-refractivity contribution in [2.24, 2.45) is 0 Å². The summed E-state index contributed by atoms with van der Waals surface area (Å²) in [4.78, 5) is 16.3. The van der Waals surface area contributed by atoms with Crippen LogP contribution in [0.4, 0.5) is 11.4 Å². The van der Waals surface area contributed by atoms with Crippen LogP contribution in [-0.2, 0) is 0 Å². The lowest BCUT2D eigenvalue weighted by Crippen LogP contribution is -2.13. The maximum atomic E-state index is 11.9. The first-order valence-electron chi connectivity index (χ1n) is 4.83. The number of nitrogen functional groups attached to an aromatic ring is 1. The second-order valence-electron chi connectivity index (χ2n) is 3.51. The molecule has 0 aliphatic rings. The van der Waals surface area contributed by atoms with Gasteiger partial charge in [-0.05, 0) is 24.6 Å². The first-order valence-corrected chi connectivity index (χ1v) is 6.50. The van der Waals surface area contributed by atoms with Crippen LogP contribution in [0.1, 0.15) is 15.2 Å². The van der Waals surface area contributed by atoms with Crippen molar-refractivity contribution >= 4 is 44.5 Å². The van der Waals surface area contributed by atoms with Crippen LogP contribution < -0.4 is 11.1 Å². The number of hydrogen-bond acceptors (Lipinski definition) is 4. The highest BCUT2D eigenvalue weighted by atomic mass is 79.9. The molecule has 0 aliphatic heterocycles. The largest absolute Gasteiger partial charge is 0.397 e. The van der Waals surface area contributed by atoms with Gasteiger partial charge in [0.05, 0.1) is 23.1 Å². The molecule has 1 aromatic carbocycles. The molecule has 0 fully saturated rings. The number of nitrogens with two attached hydrogens (primary N) is 1. The summed E-state index contributed by atoms with van der Waals surface area (Å²) in [6, 6.07) is 3.66. The Balaban J connectivity index is 2.28. The fourth-order valence-corrected chi connectivity index (χ4v) is 2.55. The molecule has 0 aliphatic carbocycles. The van der Waals surface area contributed by atoms with Crippen molar-refractivity contribution < 1.29 is 4.79 Å². The summed E-state index contributed by atoms with van der Waals surface area (Å²) in [7, 11) is 0. The molecule has 2 aromatic rings. The van der Waals surface area contributed by atoms with Crippen molar-refractivity contribution in [3.63, 3.8) is 0 Å².